The number of hydrogen-bond acceptors (Lipinski definition) is 4. The summed E-state index contributed by atoms with van der Waals surface area (Å²) in [5.74, 6) is -0.878. The van der Waals surface area contributed by atoms with E-state index < -0.39 is 11.3 Å². The fourth-order valence-corrected chi connectivity index (χ4v) is 2.97. The number of carboxylic acids is 1. The molecule has 0 aliphatic heterocycles. The van der Waals surface area contributed by atoms with E-state index in [1.807, 2.05) is 6.07 Å². The van der Waals surface area contributed by atoms with E-state index in [0.717, 1.165) is 4.21 Å². The minimum Gasteiger partial charge on any atom is -0.479 e. The molecule has 0 aliphatic carbocycles. The zero-order chi connectivity index (χ0) is 9.84. The second kappa shape index (κ2) is 4.85. The first kappa shape index (κ1) is 10.8. The second-order valence-electron chi connectivity index (χ2n) is 2.18. The van der Waals surface area contributed by atoms with Crippen LogP contribution < -0.4 is 5.32 Å². The topological polar surface area (TPSA) is 49.3 Å². The molecule has 1 rings (SSSR count). The summed E-state index contributed by atoms with van der Waals surface area (Å²) in [7, 11) is 1.61. The number of likely N-dealkylation sites (N-methyl/N-ethyl adjacent to an activating group) is 1. The van der Waals surface area contributed by atoms with Crippen molar-refractivity contribution in [1.29, 1.82) is 0 Å². The smallest absolute Gasteiger partial charge is 0.331 e. The highest BCUT2D eigenvalue weighted by atomic mass is 35.5. The van der Waals surface area contributed by atoms with Crippen LogP contribution >= 0.6 is 34.7 Å². The largest absolute Gasteiger partial charge is 0.479 e. The van der Waals surface area contributed by atoms with Gasteiger partial charge in [0.15, 0.2) is 5.37 Å². The first-order chi connectivity index (χ1) is 6.13. The molecule has 0 bridgehead atoms. The Morgan fingerprint density at radius 2 is 2.46 bits per heavy atom. The number of thioether (sulfide) groups is 1. The number of rotatable bonds is 4. The van der Waals surface area contributed by atoms with Gasteiger partial charge in [0.25, 0.3) is 0 Å². The fraction of sp³-hybridized carbons (Fsp3) is 0.286. The van der Waals surface area contributed by atoms with E-state index in [2.05, 4.69) is 5.32 Å². The second-order valence-corrected chi connectivity index (χ2v) is 5.30. The van der Waals surface area contributed by atoms with Crippen molar-refractivity contribution in [1.82, 2.24) is 5.32 Å². The highest BCUT2D eigenvalue weighted by molar-refractivity contribution is 8.02. The SMILES string of the molecule is CNC(Sc1ccc(Cl)s1)C(=O)O. The molecule has 1 aromatic rings. The summed E-state index contributed by atoms with van der Waals surface area (Å²) < 4.78 is 1.56. The van der Waals surface area contributed by atoms with Crippen molar-refractivity contribution in [3.05, 3.63) is 16.5 Å². The van der Waals surface area contributed by atoms with Crippen LogP contribution in [0.3, 0.4) is 0 Å². The number of halogens is 1. The summed E-state index contributed by atoms with van der Waals surface area (Å²) in [6.45, 7) is 0. The molecule has 0 aliphatic rings. The molecule has 1 atom stereocenters. The van der Waals surface area contributed by atoms with Gasteiger partial charge < -0.3 is 5.11 Å². The lowest BCUT2D eigenvalue weighted by molar-refractivity contribution is -0.136. The first-order valence-electron chi connectivity index (χ1n) is 3.45. The molecule has 0 aromatic carbocycles. The minimum atomic E-state index is -0.878. The Bertz CT molecular complexity index is 302. The van der Waals surface area contributed by atoms with Gasteiger partial charge in [0.1, 0.15) is 0 Å². The molecule has 2 N–H and O–H groups in total. The van der Waals surface area contributed by atoms with Crippen LogP contribution in [0.25, 0.3) is 0 Å². The van der Waals surface area contributed by atoms with Gasteiger partial charge in [-0.3, -0.25) is 5.32 Å². The van der Waals surface area contributed by atoms with Crippen LogP contribution in [0, 0.1) is 0 Å². The third kappa shape index (κ3) is 3.19. The summed E-state index contributed by atoms with van der Waals surface area (Å²) in [4.78, 5) is 10.6. The number of hydrogen-bond donors (Lipinski definition) is 2. The van der Waals surface area contributed by atoms with Gasteiger partial charge in [-0.2, -0.15) is 0 Å². The predicted molar refractivity (Wildman–Crippen MR) is 55.7 cm³/mol. The summed E-state index contributed by atoms with van der Waals surface area (Å²) in [6, 6.07) is 3.56. The van der Waals surface area contributed by atoms with Crippen LogP contribution in [-0.2, 0) is 4.79 Å². The Morgan fingerprint density at radius 3 is 2.85 bits per heavy atom. The summed E-state index contributed by atoms with van der Waals surface area (Å²) >= 11 is 8.32. The van der Waals surface area contributed by atoms with Gasteiger partial charge in [0.05, 0.1) is 8.55 Å². The zero-order valence-corrected chi connectivity index (χ0v) is 9.17. The molecule has 13 heavy (non-hydrogen) atoms. The average molecular weight is 238 g/mol. The lowest BCUT2D eigenvalue weighted by Gasteiger charge is -2.07. The molecule has 0 spiro atoms. The quantitative estimate of drug-likeness (QED) is 0.622. The normalized spacial score (nSPS) is 12.8. The molecule has 0 saturated carbocycles. The maximum absolute atomic E-state index is 10.6. The van der Waals surface area contributed by atoms with Crippen LogP contribution in [0.5, 0.6) is 0 Å². The number of carbonyl (C=O) groups is 1. The molecular formula is C7H8ClNO2S2. The maximum Gasteiger partial charge on any atom is 0.331 e. The van der Waals surface area contributed by atoms with Crippen molar-refractivity contribution in [2.45, 2.75) is 9.58 Å². The van der Waals surface area contributed by atoms with Crippen molar-refractivity contribution < 1.29 is 9.90 Å². The van der Waals surface area contributed by atoms with Crippen molar-refractivity contribution in [2.75, 3.05) is 7.05 Å². The molecular weight excluding hydrogens is 230 g/mol. The third-order valence-corrected chi connectivity index (χ3v) is 3.87. The van der Waals surface area contributed by atoms with Crippen LogP contribution in [0.1, 0.15) is 0 Å². The number of carboxylic acid groups (broad SMARTS) is 1. The van der Waals surface area contributed by atoms with Gasteiger partial charge in [-0.25, -0.2) is 4.79 Å². The van der Waals surface area contributed by atoms with Gasteiger partial charge in [-0.1, -0.05) is 23.4 Å². The Morgan fingerprint density at radius 1 is 1.77 bits per heavy atom. The van der Waals surface area contributed by atoms with Gasteiger partial charge in [-0.05, 0) is 19.2 Å². The maximum atomic E-state index is 10.6. The van der Waals surface area contributed by atoms with E-state index >= 15 is 0 Å². The van der Waals surface area contributed by atoms with E-state index in [-0.39, 0.29) is 0 Å². The highest BCUT2D eigenvalue weighted by Crippen LogP contribution is 2.32. The number of thiophene rings is 1. The molecule has 1 unspecified atom stereocenters. The highest BCUT2D eigenvalue weighted by Gasteiger charge is 2.16. The van der Waals surface area contributed by atoms with Crippen LogP contribution in [0.2, 0.25) is 4.34 Å². The predicted octanol–water partition coefficient (Wildman–Crippen LogP) is 2.12. The summed E-state index contributed by atoms with van der Waals surface area (Å²) in [5, 5.41) is 10.8. The lowest BCUT2D eigenvalue weighted by atomic mass is 10.6. The first-order valence-corrected chi connectivity index (χ1v) is 5.53. The van der Waals surface area contributed by atoms with E-state index in [0.29, 0.717) is 4.34 Å². The zero-order valence-electron chi connectivity index (χ0n) is 6.78. The van der Waals surface area contributed by atoms with E-state index in [9.17, 15) is 4.79 Å². The molecule has 0 fully saturated rings. The molecule has 3 nitrogen and oxygen atoms in total. The van der Waals surface area contributed by atoms with E-state index in [1.165, 1.54) is 23.1 Å². The standard InChI is InChI=1S/C7H8ClNO2S2/c1-9-6(7(10)11)13-5-3-2-4(8)12-5/h2-3,6,9H,1H3,(H,10,11). The average Bonchev–Trinajstić information content (AvgIpc) is 2.46. The molecule has 0 radical (unpaired) electrons. The Labute approximate surface area is 89.1 Å². The monoisotopic (exact) mass is 237 g/mol. The molecule has 0 amide bonds. The Balaban J connectivity index is 2.61. The Hall–Kier alpha value is -0.230. The van der Waals surface area contributed by atoms with Gasteiger partial charge in [0.2, 0.25) is 0 Å². The Kier molecular flexibility index (Phi) is 4.05. The van der Waals surface area contributed by atoms with Crippen LogP contribution in [-0.4, -0.2) is 23.5 Å². The van der Waals surface area contributed by atoms with Gasteiger partial charge >= 0.3 is 5.97 Å². The number of aliphatic carboxylic acids is 1. The summed E-state index contributed by atoms with van der Waals surface area (Å²) in [5.41, 5.74) is 0. The van der Waals surface area contributed by atoms with E-state index in [4.69, 9.17) is 16.7 Å². The van der Waals surface area contributed by atoms with Crippen molar-refractivity contribution in [3.63, 3.8) is 0 Å². The lowest BCUT2D eigenvalue weighted by Crippen LogP contribution is -2.30. The molecule has 1 heterocycles. The van der Waals surface area contributed by atoms with Gasteiger partial charge in [-0.15, -0.1) is 11.3 Å². The van der Waals surface area contributed by atoms with Crippen molar-refractivity contribution in [3.8, 4) is 0 Å². The molecule has 0 saturated heterocycles. The molecule has 1 aromatic heterocycles. The molecule has 6 heteroatoms. The van der Waals surface area contributed by atoms with Crippen LogP contribution in [0.4, 0.5) is 0 Å². The minimum absolute atomic E-state index is 0.616. The fourth-order valence-electron chi connectivity index (χ4n) is 0.710. The van der Waals surface area contributed by atoms with Crippen LogP contribution in [0.15, 0.2) is 16.3 Å². The van der Waals surface area contributed by atoms with Crippen molar-refractivity contribution >= 4 is 40.7 Å². The van der Waals surface area contributed by atoms with Crippen molar-refractivity contribution in [2.24, 2.45) is 0 Å². The van der Waals surface area contributed by atoms with Gasteiger partial charge in [0, 0.05) is 0 Å². The number of nitrogens with one attached hydrogen (secondary N) is 1. The summed E-state index contributed by atoms with van der Waals surface area (Å²) in [6.07, 6.45) is 0. The third-order valence-electron chi connectivity index (χ3n) is 1.27. The van der Waals surface area contributed by atoms with E-state index in [1.54, 1.807) is 13.1 Å². The molecule has 72 valence electrons.